The van der Waals surface area contributed by atoms with Crippen LogP contribution in [-0.4, -0.2) is 87.0 Å². The maximum absolute atomic E-state index is 13.0. The van der Waals surface area contributed by atoms with Gasteiger partial charge in [-0.1, -0.05) is 46.8 Å². The lowest BCUT2D eigenvalue weighted by molar-refractivity contribution is -0.144. The van der Waals surface area contributed by atoms with E-state index in [9.17, 15) is 39.3 Å². The molecular formula is C28H44N2O10. The van der Waals surface area contributed by atoms with E-state index in [1.165, 1.54) is 19.1 Å². The minimum atomic E-state index is -1.71. The molecule has 0 aromatic carbocycles. The number of rotatable bonds is 16. The number of nitrogens with one attached hydrogen (secondary N) is 2. The van der Waals surface area contributed by atoms with E-state index in [0.717, 1.165) is 0 Å². The van der Waals surface area contributed by atoms with Crippen molar-refractivity contribution in [3.05, 3.63) is 23.3 Å². The van der Waals surface area contributed by atoms with Crippen LogP contribution in [0, 0.1) is 17.3 Å². The van der Waals surface area contributed by atoms with Crippen LogP contribution in [0.15, 0.2) is 23.3 Å². The van der Waals surface area contributed by atoms with Gasteiger partial charge in [0.15, 0.2) is 5.78 Å². The second-order valence-electron chi connectivity index (χ2n) is 11.2. The first-order chi connectivity index (χ1) is 18.4. The van der Waals surface area contributed by atoms with E-state index < -0.39 is 77.7 Å². The van der Waals surface area contributed by atoms with Crippen LogP contribution in [-0.2, 0) is 28.7 Å². The quantitative estimate of drug-likeness (QED) is 0.113. The predicted octanol–water partition coefficient (Wildman–Crippen LogP) is 0.632. The van der Waals surface area contributed by atoms with Crippen LogP contribution in [0.25, 0.3) is 0 Å². The molecule has 1 aliphatic rings. The number of aliphatic hydroxyl groups excluding tert-OH is 2. The van der Waals surface area contributed by atoms with Gasteiger partial charge in [0.2, 0.25) is 11.8 Å². The summed E-state index contributed by atoms with van der Waals surface area (Å²) in [7, 11) is 0. The van der Waals surface area contributed by atoms with Gasteiger partial charge in [-0.3, -0.25) is 24.0 Å². The first kappa shape index (κ1) is 34.9. The topological polar surface area (TPSA) is 200 Å². The predicted molar refractivity (Wildman–Crippen MR) is 145 cm³/mol. The van der Waals surface area contributed by atoms with Crippen LogP contribution in [0.1, 0.15) is 67.7 Å². The third-order valence-electron chi connectivity index (χ3n) is 7.22. The summed E-state index contributed by atoms with van der Waals surface area (Å²) in [5, 5.41) is 45.6. The number of carboxylic acids is 1. The Labute approximate surface area is 234 Å². The van der Waals surface area contributed by atoms with Crippen molar-refractivity contribution in [1.82, 2.24) is 10.6 Å². The summed E-state index contributed by atoms with van der Waals surface area (Å²) in [4.78, 5) is 60.4. The number of carbonyl (C=O) groups excluding carboxylic acids is 4. The van der Waals surface area contributed by atoms with Crippen molar-refractivity contribution < 1.29 is 49.1 Å². The van der Waals surface area contributed by atoms with Gasteiger partial charge < -0.3 is 35.8 Å². The summed E-state index contributed by atoms with van der Waals surface area (Å²) in [6.45, 7) is 10.4. The molecule has 0 aromatic heterocycles. The Bertz CT molecular complexity index is 1030. The van der Waals surface area contributed by atoms with Crippen molar-refractivity contribution in [2.24, 2.45) is 17.3 Å². The highest BCUT2D eigenvalue weighted by Gasteiger charge is 2.46. The van der Waals surface area contributed by atoms with Gasteiger partial charge in [0.05, 0.1) is 30.0 Å². The Balaban J connectivity index is 3.00. The molecule has 40 heavy (non-hydrogen) atoms. The second-order valence-corrected chi connectivity index (χ2v) is 11.2. The SMILES string of the molecule is CC[C@H](O)C(C)(C)C(=O)[C@H](O)/C(=C(\C)COC(=O)C[C@@H](NC(C)=O)C1C=CC1(O)CC(=O)NCC(=O)O)C(C)C. The standard InChI is InChI=1S/C28H44N2O10/c1-8-20(32)27(6,7)26(38)25(37)24(15(2)3)16(4)14-40-23(36)11-19(30-17(5)31)18-9-10-28(18,39)12-21(33)29-13-22(34)35/h9-10,15,18-20,25,32,37,39H,8,11-14H2,1-7H3,(H,29,33)(H,30,31)(H,34,35)/b24-16+/t18?,19-,20+,25-,28?/m1/s1. The normalized spacial score (nSPS) is 21.4. The number of ether oxygens (including phenoxy) is 1. The van der Waals surface area contributed by atoms with E-state index in [4.69, 9.17) is 9.84 Å². The molecule has 0 saturated carbocycles. The molecule has 0 aromatic rings. The average molecular weight is 569 g/mol. The van der Waals surface area contributed by atoms with Crippen LogP contribution in [0.5, 0.6) is 0 Å². The van der Waals surface area contributed by atoms with Crippen molar-refractivity contribution in [2.75, 3.05) is 13.2 Å². The Morgan fingerprint density at radius 2 is 1.70 bits per heavy atom. The maximum atomic E-state index is 13.0. The van der Waals surface area contributed by atoms with Gasteiger partial charge in [0.1, 0.15) is 19.3 Å². The first-order valence-corrected chi connectivity index (χ1v) is 13.3. The van der Waals surface area contributed by atoms with Gasteiger partial charge in [-0.05, 0) is 30.4 Å². The van der Waals surface area contributed by atoms with Crippen molar-refractivity contribution in [2.45, 2.75) is 91.6 Å². The number of amides is 2. The van der Waals surface area contributed by atoms with E-state index in [1.807, 2.05) is 0 Å². The van der Waals surface area contributed by atoms with Crippen molar-refractivity contribution in [3.8, 4) is 0 Å². The third kappa shape index (κ3) is 9.24. The summed E-state index contributed by atoms with van der Waals surface area (Å²) in [6.07, 6.45) is -0.0735. The van der Waals surface area contributed by atoms with Crippen molar-refractivity contribution >= 4 is 29.5 Å². The Kier molecular flexibility index (Phi) is 12.7. The number of aliphatic carboxylic acids is 1. The number of ketones is 1. The third-order valence-corrected chi connectivity index (χ3v) is 7.22. The van der Waals surface area contributed by atoms with Gasteiger partial charge in [0.25, 0.3) is 0 Å². The first-order valence-electron chi connectivity index (χ1n) is 13.3. The fourth-order valence-corrected chi connectivity index (χ4v) is 4.83. The van der Waals surface area contributed by atoms with Crippen LogP contribution >= 0.6 is 0 Å². The molecule has 2 amide bonds. The van der Waals surface area contributed by atoms with E-state index in [-0.39, 0.29) is 18.9 Å². The van der Waals surface area contributed by atoms with Crippen LogP contribution in [0.2, 0.25) is 0 Å². The minimum Gasteiger partial charge on any atom is -0.480 e. The molecule has 5 atom stereocenters. The molecule has 226 valence electrons. The highest BCUT2D eigenvalue weighted by molar-refractivity contribution is 5.91. The van der Waals surface area contributed by atoms with Crippen LogP contribution in [0.4, 0.5) is 0 Å². The molecule has 12 heteroatoms. The van der Waals surface area contributed by atoms with E-state index in [0.29, 0.717) is 17.6 Å². The molecule has 0 aliphatic heterocycles. The van der Waals surface area contributed by atoms with Crippen LogP contribution in [0.3, 0.4) is 0 Å². The number of carbonyl (C=O) groups is 5. The zero-order chi connectivity index (χ0) is 31.0. The molecule has 0 radical (unpaired) electrons. The summed E-state index contributed by atoms with van der Waals surface area (Å²) in [5.74, 6) is -4.83. The van der Waals surface area contributed by atoms with E-state index in [1.54, 1.807) is 41.5 Å². The molecule has 0 fully saturated rings. The van der Waals surface area contributed by atoms with Crippen LogP contribution < -0.4 is 10.6 Å². The van der Waals surface area contributed by atoms with Crippen molar-refractivity contribution in [3.63, 3.8) is 0 Å². The molecule has 0 heterocycles. The summed E-state index contributed by atoms with van der Waals surface area (Å²) >= 11 is 0. The number of hydrogen-bond donors (Lipinski definition) is 6. The molecule has 2 unspecified atom stereocenters. The average Bonchev–Trinajstić information content (AvgIpc) is 2.83. The number of Topliss-reactive ketones (excluding diaryl/α,β-unsaturated/α-hetero) is 1. The van der Waals surface area contributed by atoms with Gasteiger partial charge >= 0.3 is 11.9 Å². The van der Waals surface area contributed by atoms with E-state index >= 15 is 0 Å². The van der Waals surface area contributed by atoms with Gasteiger partial charge in [0, 0.05) is 18.9 Å². The van der Waals surface area contributed by atoms with E-state index in [2.05, 4.69) is 10.6 Å². The lowest BCUT2D eigenvalue weighted by Gasteiger charge is -2.42. The zero-order valence-electron chi connectivity index (χ0n) is 24.3. The maximum Gasteiger partial charge on any atom is 0.322 e. The van der Waals surface area contributed by atoms with Crippen molar-refractivity contribution in [1.29, 1.82) is 0 Å². The van der Waals surface area contributed by atoms with Gasteiger partial charge in [-0.15, -0.1) is 0 Å². The molecule has 0 saturated heterocycles. The Morgan fingerprint density at radius 1 is 1.10 bits per heavy atom. The highest BCUT2D eigenvalue weighted by Crippen LogP contribution is 2.37. The summed E-state index contributed by atoms with van der Waals surface area (Å²) in [6, 6.07) is -0.926. The zero-order valence-corrected chi connectivity index (χ0v) is 24.3. The number of esters is 1. The fraction of sp³-hybridized carbons (Fsp3) is 0.679. The molecule has 1 aliphatic carbocycles. The largest absolute Gasteiger partial charge is 0.480 e. The monoisotopic (exact) mass is 568 g/mol. The molecule has 12 nitrogen and oxygen atoms in total. The lowest BCUT2D eigenvalue weighted by Crippen LogP contribution is -2.55. The molecule has 6 N–H and O–H groups in total. The Hall–Kier alpha value is -3.09. The Morgan fingerprint density at radius 3 is 2.15 bits per heavy atom. The van der Waals surface area contributed by atoms with Gasteiger partial charge in [-0.25, -0.2) is 0 Å². The minimum absolute atomic E-state index is 0.247. The summed E-state index contributed by atoms with van der Waals surface area (Å²) < 4.78 is 5.39. The van der Waals surface area contributed by atoms with Gasteiger partial charge in [-0.2, -0.15) is 0 Å². The fourth-order valence-electron chi connectivity index (χ4n) is 4.83. The summed E-state index contributed by atoms with van der Waals surface area (Å²) in [5.41, 5.74) is -2.08. The highest BCUT2D eigenvalue weighted by atomic mass is 16.5. The lowest BCUT2D eigenvalue weighted by atomic mass is 9.70. The number of carboxylic acid groups (broad SMARTS) is 1. The molecule has 1 rings (SSSR count). The molecular weight excluding hydrogens is 524 g/mol. The number of hydrogen-bond acceptors (Lipinski definition) is 9. The second kappa shape index (κ2) is 14.5. The number of aliphatic hydroxyl groups is 3. The molecule has 0 bridgehead atoms. The smallest absolute Gasteiger partial charge is 0.322 e. The molecule has 0 spiro atoms.